The van der Waals surface area contributed by atoms with E-state index >= 15 is 0 Å². The molecule has 1 aliphatic rings. The van der Waals surface area contributed by atoms with Crippen molar-refractivity contribution in [1.29, 1.82) is 0 Å². The Balaban J connectivity index is 1.40. The van der Waals surface area contributed by atoms with Crippen molar-refractivity contribution in [2.24, 2.45) is 0 Å². The van der Waals surface area contributed by atoms with Crippen LogP contribution in [0.4, 0.5) is 5.82 Å². The average Bonchev–Trinajstić information content (AvgIpc) is 3.33. The largest absolute Gasteiger partial charge is 0.353 e. The van der Waals surface area contributed by atoms with E-state index in [9.17, 15) is 0 Å². The highest BCUT2D eigenvalue weighted by atomic mass is 16.5. The molecule has 8 nitrogen and oxygen atoms in total. The summed E-state index contributed by atoms with van der Waals surface area (Å²) in [7, 11) is 0. The minimum atomic E-state index is 0.101. The second-order valence-electron chi connectivity index (χ2n) is 7.73. The van der Waals surface area contributed by atoms with Crippen LogP contribution in [-0.4, -0.2) is 56.2 Å². The Bertz CT molecular complexity index is 1170. The number of hydrogen-bond donors (Lipinski definition) is 0. The number of hydrogen-bond acceptors (Lipinski definition) is 8. The third-order valence-electron chi connectivity index (χ3n) is 5.84. The summed E-state index contributed by atoms with van der Waals surface area (Å²) in [6.07, 6.45) is 4.33. The molecule has 1 aromatic carbocycles. The molecule has 5 rings (SSSR count). The molecule has 3 aromatic heterocycles. The van der Waals surface area contributed by atoms with Crippen molar-refractivity contribution in [2.45, 2.75) is 26.3 Å². The van der Waals surface area contributed by atoms with Gasteiger partial charge in [0.05, 0.1) is 11.6 Å². The summed E-state index contributed by atoms with van der Waals surface area (Å²) in [6.45, 7) is 7.70. The SMILES string of the molecule is CCc1noc(C(C)N2CCN(c3nc(-c4ccncc4)nc4ccccc34)CC2)n1. The average molecular weight is 416 g/mol. The molecule has 0 saturated carbocycles. The molecule has 0 spiro atoms. The highest BCUT2D eigenvalue weighted by Crippen LogP contribution is 2.29. The maximum Gasteiger partial charge on any atom is 0.243 e. The molecule has 0 bridgehead atoms. The second kappa shape index (κ2) is 8.39. The minimum absolute atomic E-state index is 0.101. The first-order chi connectivity index (χ1) is 15.2. The van der Waals surface area contributed by atoms with E-state index in [0.717, 1.165) is 66.5 Å². The van der Waals surface area contributed by atoms with Gasteiger partial charge in [0.15, 0.2) is 11.6 Å². The molecule has 158 valence electrons. The van der Waals surface area contributed by atoms with Gasteiger partial charge < -0.3 is 9.42 Å². The Hall–Kier alpha value is -3.39. The number of pyridine rings is 1. The van der Waals surface area contributed by atoms with Gasteiger partial charge in [0, 0.05) is 55.9 Å². The topological polar surface area (TPSA) is 84.1 Å². The van der Waals surface area contributed by atoms with Gasteiger partial charge in [-0.1, -0.05) is 24.2 Å². The lowest BCUT2D eigenvalue weighted by Crippen LogP contribution is -2.47. The quantitative estimate of drug-likeness (QED) is 0.490. The van der Waals surface area contributed by atoms with E-state index in [4.69, 9.17) is 14.5 Å². The van der Waals surface area contributed by atoms with Crippen LogP contribution in [-0.2, 0) is 6.42 Å². The number of rotatable bonds is 5. The molecule has 1 aliphatic heterocycles. The Morgan fingerprint density at radius 3 is 2.48 bits per heavy atom. The first-order valence-electron chi connectivity index (χ1n) is 10.7. The maximum atomic E-state index is 5.46. The lowest BCUT2D eigenvalue weighted by molar-refractivity contribution is 0.164. The Morgan fingerprint density at radius 1 is 0.968 bits per heavy atom. The van der Waals surface area contributed by atoms with Crippen LogP contribution in [0, 0.1) is 0 Å². The van der Waals surface area contributed by atoms with E-state index < -0.39 is 0 Å². The second-order valence-corrected chi connectivity index (χ2v) is 7.73. The molecular weight excluding hydrogens is 390 g/mol. The fraction of sp³-hybridized carbons (Fsp3) is 0.348. The van der Waals surface area contributed by atoms with Crippen molar-refractivity contribution in [1.82, 2.24) is 30.0 Å². The van der Waals surface area contributed by atoms with Crippen molar-refractivity contribution >= 4 is 16.7 Å². The fourth-order valence-corrected chi connectivity index (χ4v) is 3.99. The molecule has 1 fully saturated rings. The molecule has 0 amide bonds. The predicted molar refractivity (Wildman–Crippen MR) is 119 cm³/mol. The summed E-state index contributed by atoms with van der Waals surface area (Å²) in [5.41, 5.74) is 1.92. The van der Waals surface area contributed by atoms with Crippen molar-refractivity contribution < 1.29 is 4.52 Å². The van der Waals surface area contributed by atoms with Gasteiger partial charge in [0.1, 0.15) is 5.82 Å². The predicted octanol–water partition coefficient (Wildman–Crippen LogP) is 3.52. The number of para-hydroxylation sites is 1. The number of aromatic nitrogens is 5. The first-order valence-corrected chi connectivity index (χ1v) is 10.7. The zero-order chi connectivity index (χ0) is 21.2. The summed E-state index contributed by atoms with van der Waals surface area (Å²) in [6, 6.07) is 12.2. The summed E-state index contributed by atoms with van der Waals surface area (Å²) in [4.78, 5) is 23.1. The van der Waals surface area contributed by atoms with Crippen molar-refractivity contribution in [3.8, 4) is 11.4 Å². The smallest absolute Gasteiger partial charge is 0.243 e. The van der Waals surface area contributed by atoms with Gasteiger partial charge in [0.2, 0.25) is 5.89 Å². The number of benzene rings is 1. The maximum absolute atomic E-state index is 5.46. The Morgan fingerprint density at radius 2 is 1.74 bits per heavy atom. The van der Waals surface area contributed by atoms with E-state index in [1.165, 1.54) is 0 Å². The first kappa shape index (κ1) is 19.6. The van der Waals surface area contributed by atoms with E-state index in [2.05, 4.69) is 37.9 Å². The number of aryl methyl sites for hydroxylation is 1. The Labute approximate surface area is 181 Å². The summed E-state index contributed by atoms with van der Waals surface area (Å²) in [5.74, 6) is 3.16. The van der Waals surface area contributed by atoms with Crippen LogP contribution >= 0.6 is 0 Å². The summed E-state index contributed by atoms with van der Waals surface area (Å²) in [5, 5.41) is 5.12. The zero-order valence-electron chi connectivity index (χ0n) is 17.8. The highest BCUT2D eigenvalue weighted by molar-refractivity contribution is 5.91. The molecule has 0 aliphatic carbocycles. The monoisotopic (exact) mass is 415 g/mol. The van der Waals surface area contributed by atoms with Crippen LogP contribution in [0.2, 0.25) is 0 Å². The molecule has 4 aromatic rings. The van der Waals surface area contributed by atoms with Crippen LogP contribution in [0.3, 0.4) is 0 Å². The van der Waals surface area contributed by atoms with Crippen molar-refractivity contribution in [2.75, 3.05) is 31.1 Å². The van der Waals surface area contributed by atoms with Gasteiger partial charge in [-0.15, -0.1) is 0 Å². The van der Waals surface area contributed by atoms with Crippen molar-refractivity contribution in [3.63, 3.8) is 0 Å². The molecule has 1 saturated heterocycles. The molecule has 8 heteroatoms. The highest BCUT2D eigenvalue weighted by Gasteiger charge is 2.27. The molecule has 0 N–H and O–H groups in total. The zero-order valence-corrected chi connectivity index (χ0v) is 17.8. The van der Waals surface area contributed by atoms with Crippen LogP contribution in [0.25, 0.3) is 22.3 Å². The lowest BCUT2D eigenvalue weighted by Gasteiger charge is -2.37. The Kier molecular flexibility index (Phi) is 5.30. The van der Waals surface area contributed by atoms with E-state index in [0.29, 0.717) is 5.89 Å². The van der Waals surface area contributed by atoms with Gasteiger partial charge in [-0.3, -0.25) is 9.88 Å². The number of nitrogens with zero attached hydrogens (tertiary/aromatic N) is 7. The molecule has 0 radical (unpaired) electrons. The number of anilines is 1. The van der Waals surface area contributed by atoms with E-state index in [1.807, 2.05) is 37.3 Å². The molecular formula is C23H25N7O. The third-order valence-corrected chi connectivity index (χ3v) is 5.84. The third kappa shape index (κ3) is 3.86. The van der Waals surface area contributed by atoms with Gasteiger partial charge >= 0.3 is 0 Å². The molecule has 4 heterocycles. The molecule has 1 unspecified atom stereocenters. The van der Waals surface area contributed by atoms with Gasteiger partial charge in [-0.2, -0.15) is 4.98 Å². The fourth-order valence-electron chi connectivity index (χ4n) is 3.99. The van der Waals surface area contributed by atoms with Crippen molar-refractivity contribution in [3.05, 3.63) is 60.5 Å². The van der Waals surface area contributed by atoms with Gasteiger partial charge in [-0.05, 0) is 31.2 Å². The minimum Gasteiger partial charge on any atom is -0.353 e. The van der Waals surface area contributed by atoms with E-state index in [-0.39, 0.29) is 6.04 Å². The van der Waals surface area contributed by atoms with Crippen LogP contribution in [0.5, 0.6) is 0 Å². The van der Waals surface area contributed by atoms with Crippen LogP contribution in [0.1, 0.15) is 31.6 Å². The molecule has 31 heavy (non-hydrogen) atoms. The molecule has 1 atom stereocenters. The number of fused-ring (bicyclic) bond motifs is 1. The standard InChI is InChI=1S/C23H25N7O/c1-3-20-26-23(31-28-20)16(2)29-12-14-30(15-13-29)22-18-6-4-5-7-19(18)25-21(27-22)17-8-10-24-11-9-17/h4-11,16H,3,12-15H2,1-2H3. The van der Waals surface area contributed by atoms with Crippen LogP contribution in [0.15, 0.2) is 53.3 Å². The summed E-state index contributed by atoms with van der Waals surface area (Å²) >= 11 is 0. The van der Waals surface area contributed by atoms with Gasteiger partial charge in [0.25, 0.3) is 0 Å². The van der Waals surface area contributed by atoms with Crippen LogP contribution < -0.4 is 4.90 Å². The normalized spacial score (nSPS) is 16.0. The van der Waals surface area contributed by atoms with Gasteiger partial charge in [-0.25, -0.2) is 9.97 Å². The lowest BCUT2D eigenvalue weighted by atomic mass is 10.1. The van der Waals surface area contributed by atoms with E-state index in [1.54, 1.807) is 12.4 Å². The summed E-state index contributed by atoms with van der Waals surface area (Å²) < 4.78 is 5.46. The number of piperazine rings is 1.